The van der Waals surface area contributed by atoms with E-state index in [0.717, 1.165) is 6.92 Å². The molecule has 1 aromatic carbocycles. The van der Waals surface area contributed by atoms with Crippen molar-refractivity contribution in [2.45, 2.75) is 12.2 Å². The number of benzene rings is 1. The van der Waals surface area contributed by atoms with Gasteiger partial charge in [-0.15, -0.1) is 0 Å². The first-order valence-electron chi connectivity index (χ1n) is 4.72. The quantitative estimate of drug-likeness (QED) is 0.869. The van der Waals surface area contributed by atoms with Crippen LogP contribution >= 0.6 is 15.9 Å². The van der Waals surface area contributed by atoms with Gasteiger partial charge in [0.25, 0.3) is 0 Å². The van der Waals surface area contributed by atoms with E-state index in [4.69, 9.17) is 10.4 Å². The van der Waals surface area contributed by atoms with Gasteiger partial charge >= 0.3 is 5.97 Å². The molecule has 2 N–H and O–H groups in total. The van der Waals surface area contributed by atoms with Crippen molar-refractivity contribution in [2.75, 3.05) is 4.72 Å². The topological polar surface area (TPSA) is 107 Å². The van der Waals surface area contributed by atoms with Crippen LogP contribution in [-0.4, -0.2) is 24.7 Å². The van der Waals surface area contributed by atoms with Crippen LogP contribution in [0.25, 0.3) is 0 Å². The van der Waals surface area contributed by atoms with Crippen LogP contribution in [-0.2, 0) is 14.8 Å². The Bertz CT molecular complexity index is 621. The molecule has 0 saturated heterocycles. The van der Waals surface area contributed by atoms with E-state index in [1.54, 1.807) is 6.07 Å². The third-order valence-corrected chi connectivity index (χ3v) is 4.30. The molecule has 0 amide bonds. The Morgan fingerprint density at radius 2 is 2.17 bits per heavy atom. The number of nitrogens with zero attached hydrogens (tertiary/aromatic N) is 1. The lowest BCUT2D eigenvalue weighted by molar-refractivity contribution is -0.136. The molecule has 0 aliphatic rings. The number of anilines is 1. The Morgan fingerprint density at radius 3 is 2.67 bits per heavy atom. The number of carboxylic acids is 1. The standard InChI is InChI=1S/C10H9BrN2O4S/c1-6(10(14)15)18(16,17)13-9-4-8(11)3-2-7(9)5-12/h2-4,6,13H,1H3,(H,14,15). The van der Waals surface area contributed by atoms with E-state index in [2.05, 4.69) is 20.7 Å². The second kappa shape index (κ2) is 5.37. The fourth-order valence-electron chi connectivity index (χ4n) is 1.07. The molecule has 1 atom stereocenters. The van der Waals surface area contributed by atoms with Gasteiger partial charge in [-0.1, -0.05) is 15.9 Å². The molecular formula is C10H9BrN2O4S. The number of hydrogen-bond donors (Lipinski definition) is 2. The number of halogens is 1. The first-order valence-corrected chi connectivity index (χ1v) is 7.06. The molecule has 0 radical (unpaired) electrons. The molecule has 96 valence electrons. The van der Waals surface area contributed by atoms with E-state index < -0.39 is 21.2 Å². The first-order chi connectivity index (χ1) is 8.27. The summed E-state index contributed by atoms with van der Waals surface area (Å²) < 4.78 is 26.1. The van der Waals surface area contributed by atoms with Gasteiger partial charge in [-0.2, -0.15) is 5.26 Å². The van der Waals surface area contributed by atoms with Crippen molar-refractivity contribution in [3.8, 4) is 6.07 Å². The zero-order valence-corrected chi connectivity index (χ0v) is 11.6. The summed E-state index contributed by atoms with van der Waals surface area (Å²) in [5.74, 6) is -1.46. The maximum atomic E-state index is 11.7. The molecule has 0 saturated carbocycles. The monoisotopic (exact) mass is 332 g/mol. The second-order valence-corrected chi connectivity index (χ2v) is 6.35. The minimum atomic E-state index is -4.08. The maximum absolute atomic E-state index is 11.7. The molecule has 1 aromatic rings. The molecule has 0 aliphatic heterocycles. The van der Waals surface area contributed by atoms with Crippen LogP contribution in [0.15, 0.2) is 22.7 Å². The number of nitriles is 1. The van der Waals surface area contributed by atoms with E-state index in [1.165, 1.54) is 12.1 Å². The van der Waals surface area contributed by atoms with Gasteiger partial charge in [0.1, 0.15) is 6.07 Å². The molecule has 8 heteroatoms. The normalized spacial score (nSPS) is 12.5. The van der Waals surface area contributed by atoms with Crippen LogP contribution in [0.5, 0.6) is 0 Å². The molecule has 0 aromatic heterocycles. The van der Waals surface area contributed by atoms with Crippen LogP contribution < -0.4 is 4.72 Å². The van der Waals surface area contributed by atoms with Crippen molar-refractivity contribution in [1.82, 2.24) is 0 Å². The largest absolute Gasteiger partial charge is 0.480 e. The average Bonchev–Trinajstić information content (AvgIpc) is 2.27. The maximum Gasteiger partial charge on any atom is 0.323 e. The molecule has 1 rings (SSSR count). The van der Waals surface area contributed by atoms with Gasteiger partial charge in [0, 0.05) is 4.47 Å². The number of aliphatic carboxylic acids is 1. The molecule has 18 heavy (non-hydrogen) atoms. The Labute approximate surface area is 112 Å². The van der Waals surface area contributed by atoms with Crippen LogP contribution in [0, 0.1) is 11.3 Å². The molecule has 0 spiro atoms. The predicted molar refractivity (Wildman–Crippen MR) is 68.5 cm³/mol. The number of sulfonamides is 1. The SMILES string of the molecule is CC(C(=O)O)S(=O)(=O)Nc1cc(Br)ccc1C#N. The molecular weight excluding hydrogens is 324 g/mol. The number of nitrogens with one attached hydrogen (secondary N) is 1. The van der Waals surface area contributed by atoms with Gasteiger partial charge < -0.3 is 5.11 Å². The van der Waals surface area contributed by atoms with Gasteiger partial charge in [0.05, 0.1) is 11.3 Å². The van der Waals surface area contributed by atoms with Crippen molar-refractivity contribution in [1.29, 1.82) is 5.26 Å². The van der Waals surface area contributed by atoms with Gasteiger partial charge in [0.15, 0.2) is 5.25 Å². The van der Waals surface area contributed by atoms with Crippen molar-refractivity contribution in [3.05, 3.63) is 28.2 Å². The Morgan fingerprint density at radius 1 is 1.56 bits per heavy atom. The third kappa shape index (κ3) is 3.21. The van der Waals surface area contributed by atoms with Crippen molar-refractivity contribution < 1.29 is 18.3 Å². The molecule has 0 aliphatic carbocycles. The lowest BCUT2D eigenvalue weighted by Gasteiger charge is -2.12. The van der Waals surface area contributed by atoms with Crippen LogP contribution in [0.3, 0.4) is 0 Å². The summed E-state index contributed by atoms with van der Waals surface area (Å²) in [6.45, 7) is 1.05. The highest BCUT2D eigenvalue weighted by molar-refractivity contribution is 9.10. The average molecular weight is 333 g/mol. The van der Waals surface area contributed by atoms with Gasteiger partial charge in [-0.05, 0) is 25.1 Å². The van der Waals surface area contributed by atoms with E-state index in [9.17, 15) is 13.2 Å². The zero-order chi connectivity index (χ0) is 13.9. The highest BCUT2D eigenvalue weighted by Crippen LogP contribution is 2.22. The number of rotatable bonds is 4. The second-order valence-electron chi connectivity index (χ2n) is 3.43. The van der Waals surface area contributed by atoms with Crippen LogP contribution in [0.2, 0.25) is 0 Å². The summed E-state index contributed by atoms with van der Waals surface area (Å²) >= 11 is 3.14. The van der Waals surface area contributed by atoms with Gasteiger partial charge in [-0.25, -0.2) is 8.42 Å². The zero-order valence-electron chi connectivity index (χ0n) is 9.21. The Hall–Kier alpha value is -1.59. The fourth-order valence-corrected chi connectivity index (χ4v) is 2.35. The van der Waals surface area contributed by atoms with E-state index >= 15 is 0 Å². The number of carbonyl (C=O) groups is 1. The van der Waals surface area contributed by atoms with E-state index in [0.29, 0.717) is 4.47 Å². The molecule has 0 fully saturated rings. The van der Waals surface area contributed by atoms with Gasteiger partial charge in [0.2, 0.25) is 10.0 Å². The molecule has 6 nitrogen and oxygen atoms in total. The molecule has 1 unspecified atom stereocenters. The van der Waals surface area contributed by atoms with Crippen molar-refractivity contribution >= 4 is 37.6 Å². The van der Waals surface area contributed by atoms with Crippen molar-refractivity contribution in [2.24, 2.45) is 0 Å². The number of carboxylic acid groups (broad SMARTS) is 1. The third-order valence-electron chi connectivity index (χ3n) is 2.17. The smallest absolute Gasteiger partial charge is 0.323 e. The minimum Gasteiger partial charge on any atom is -0.480 e. The summed E-state index contributed by atoms with van der Waals surface area (Å²) in [6.07, 6.45) is 0. The van der Waals surface area contributed by atoms with E-state index in [-0.39, 0.29) is 11.3 Å². The summed E-state index contributed by atoms with van der Waals surface area (Å²) in [7, 11) is -4.08. The minimum absolute atomic E-state index is 0.0416. The summed E-state index contributed by atoms with van der Waals surface area (Å²) in [5.41, 5.74) is 0.152. The Kier molecular flexibility index (Phi) is 4.32. The molecule has 0 heterocycles. The number of hydrogen-bond acceptors (Lipinski definition) is 4. The lowest BCUT2D eigenvalue weighted by Crippen LogP contribution is -2.32. The van der Waals surface area contributed by atoms with Crippen LogP contribution in [0.4, 0.5) is 5.69 Å². The Balaban J connectivity index is 3.16. The predicted octanol–water partition coefficient (Wildman–Crippen LogP) is 1.54. The van der Waals surface area contributed by atoms with Gasteiger partial charge in [-0.3, -0.25) is 9.52 Å². The lowest BCUT2D eigenvalue weighted by atomic mass is 10.2. The van der Waals surface area contributed by atoms with Crippen LogP contribution in [0.1, 0.15) is 12.5 Å². The van der Waals surface area contributed by atoms with E-state index in [1.807, 2.05) is 6.07 Å². The first kappa shape index (κ1) is 14.5. The van der Waals surface area contributed by atoms with Crippen molar-refractivity contribution in [3.63, 3.8) is 0 Å². The summed E-state index contributed by atoms with van der Waals surface area (Å²) in [5, 5.41) is 15.9. The molecule has 0 bridgehead atoms. The summed E-state index contributed by atoms with van der Waals surface area (Å²) in [4.78, 5) is 10.7. The highest BCUT2D eigenvalue weighted by atomic mass is 79.9. The highest BCUT2D eigenvalue weighted by Gasteiger charge is 2.28. The fraction of sp³-hybridized carbons (Fsp3) is 0.200. The summed E-state index contributed by atoms with van der Waals surface area (Å²) in [6, 6.07) is 6.22.